The highest BCUT2D eigenvalue weighted by molar-refractivity contribution is 6.35. The van der Waals surface area contributed by atoms with Crippen molar-refractivity contribution in [2.24, 2.45) is 5.92 Å². The summed E-state index contributed by atoms with van der Waals surface area (Å²) in [4.78, 5) is 29.6. The van der Waals surface area contributed by atoms with Gasteiger partial charge in [-0.05, 0) is 37.5 Å². The number of benzene rings is 1. The van der Waals surface area contributed by atoms with Crippen molar-refractivity contribution in [1.29, 1.82) is 0 Å². The van der Waals surface area contributed by atoms with Gasteiger partial charge in [0.2, 0.25) is 0 Å². The summed E-state index contributed by atoms with van der Waals surface area (Å²) in [6.45, 7) is 10.7. The van der Waals surface area contributed by atoms with Crippen molar-refractivity contribution < 1.29 is 19.1 Å². The maximum Gasteiger partial charge on any atom is 0.277 e. The second-order valence-corrected chi connectivity index (χ2v) is 7.63. The van der Waals surface area contributed by atoms with E-state index >= 15 is 0 Å². The average molecular weight is 372 g/mol. The SMILES string of the molecule is CC(C)CN1C(=O)C(c2ccc(OC(C)C)cc2)=C(N2CCOCC2)C1=O. The Labute approximate surface area is 160 Å². The number of carbonyl (C=O) groups excluding carboxylic acids is 2. The van der Waals surface area contributed by atoms with Crippen LogP contribution in [-0.4, -0.2) is 60.6 Å². The van der Waals surface area contributed by atoms with Gasteiger partial charge in [0.25, 0.3) is 11.8 Å². The molecule has 6 heteroatoms. The number of imide groups is 1. The summed E-state index contributed by atoms with van der Waals surface area (Å²) >= 11 is 0. The quantitative estimate of drug-likeness (QED) is 0.718. The fourth-order valence-corrected chi connectivity index (χ4v) is 3.41. The Morgan fingerprint density at radius 1 is 1.00 bits per heavy atom. The molecule has 0 bridgehead atoms. The largest absolute Gasteiger partial charge is 0.491 e. The number of nitrogens with zero attached hydrogens (tertiary/aromatic N) is 2. The molecule has 0 saturated carbocycles. The molecule has 0 unspecified atom stereocenters. The van der Waals surface area contributed by atoms with Crippen molar-refractivity contribution in [3.8, 4) is 5.75 Å². The van der Waals surface area contributed by atoms with Crippen molar-refractivity contribution in [2.45, 2.75) is 33.8 Å². The van der Waals surface area contributed by atoms with E-state index in [1.165, 1.54) is 4.90 Å². The molecule has 0 spiro atoms. The fourth-order valence-electron chi connectivity index (χ4n) is 3.41. The van der Waals surface area contributed by atoms with Crippen LogP contribution in [0.15, 0.2) is 30.0 Å². The molecule has 6 nitrogen and oxygen atoms in total. The summed E-state index contributed by atoms with van der Waals surface area (Å²) in [6.07, 6.45) is 0.0789. The Morgan fingerprint density at radius 3 is 2.19 bits per heavy atom. The van der Waals surface area contributed by atoms with Gasteiger partial charge in [0, 0.05) is 19.6 Å². The van der Waals surface area contributed by atoms with Crippen molar-refractivity contribution in [1.82, 2.24) is 9.80 Å². The predicted molar refractivity (Wildman–Crippen MR) is 103 cm³/mol. The molecular formula is C21H28N2O4. The zero-order chi connectivity index (χ0) is 19.6. The van der Waals surface area contributed by atoms with Gasteiger partial charge in [-0.25, -0.2) is 0 Å². The van der Waals surface area contributed by atoms with Gasteiger partial charge in [-0.1, -0.05) is 26.0 Å². The van der Waals surface area contributed by atoms with E-state index in [1.54, 1.807) is 0 Å². The summed E-state index contributed by atoms with van der Waals surface area (Å²) in [5.41, 5.74) is 1.73. The van der Waals surface area contributed by atoms with E-state index in [0.717, 1.165) is 11.3 Å². The molecular weight excluding hydrogens is 344 g/mol. The predicted octanol–water partition coefficient (Wildman–Crippen LogP) is 2.54. The molecule has 1 saturated heterocycles. The lowest BCUT2D eigenvalue weighted by molar-refractivity contribution is -0.138. The molecule has 0 aromatic heterocycles. The second-order valence-electron chi connectivity index (χ2n) is 7.63. The number of amides is 2. The van der Waals surface area contributed by atoms with Crippen LogP contribution in [0, 0.1) is 5.92 Å². The van der Waals surface area contributed by atoms with Crippen LogP contribution in [-0.2, 0) is 14.3 Å². The molecule has 0 N–H and O–H groups in total. The van der Waals surface area contributed by atoms with Gasteiger partial charge in [-0.15, -0.1) is 0 Å². The third-order valence-corrected chi connectivity index (χ3v) is 4.53. The van der Waals surface area contributed by atoms with Crippen molar-refractivity contribution in [2.75, 3.05) is 32.8 Å². The molecule has 1 fully saturated rings. The lowest BCUT2D eigenvalue weighted by atomic mass is 10.0. The topological polar surface area (TPSA) is 59.1 Å². The molecule has 0 radical (unpaired) electrons. The van der Waals surface area contributed by atoms with Crippen molar-refractivity contribution >= 4 is 17.4 Å². The van der Waals surface area contributed by atoms with Crippen molar-refractivity contribution in [3.05, 3.63) is 35.5 Å². The van der Waals surface area contributed by atoms with Crippen LogP contribution in [0.4, 0.5) is 0 Å². The highest BCUT2D eigenvalue weighted by Crippen LogP contribution is 2.33. The number of rotatable bonds is 6. The van der Waals surface area contributed by atoms with E-state index in [1.807, 2.05) is 56.9 Å². The monoisotopic (exact) mass is 372 g/mol. The van der Waals surface area contributed by atoms with Crippen LogP contribution >= 0.6 is 0 Å². The van der Waals surface area contributed by atoms with Crippen LogP contribution in [0.5, 0.6) is 5.75 Å². The molecule has 1 aromatic rings. The summed E-state index contributed by atoms with van der Waals surface area (Å²) < 4.78 is 11.1. The Kier molecular flexibility index (Phi) is 5.85. The maximum absolute atomic E-state index is 13.1. The summed E-state index contributed by atoms with van der Waals surface area (Å²) in [5, 5.41) is 0. The van der Waals surface area contributed by atoms with E-state index in [2.05, 4.69) is 0 Å². The van der Waals surface area contributed by atoms with E-state index < -0.39 is 0 Å². The molecule has 0 aliphatic carbocycles. The second kappa shape index (κ2) is 8.13. The van der Waals surface area contributed by atoms with Crippen molar-refractivity contribution in [3.63, 3.8) is 0 Å². The Balaban J connectivity index is 1.98. The van der Waals surface area contributed by atoms with E-state index in [4.69, 9.17) is 9.47 Å². The number of carbonyl (C=O) groups is 2. The lowest BCUT2D eigenvalue weighted by Crippen LogP contribution is -2.41. The Hall–Kier alpha value is -2.34. The first kappa shape index (κ1) is 19.4. The molecule has 27 heavy (non-hydrogen) atoms. The van der Waals surface area contributed by atoms with Gasteiger partial charge in [0.1, 0.15) is 11.4 Å². The van der Waals surface area contributed by atoms with Crippen LogP contribution in [0.1, 0.15) is 33.3 Å². The lowest BCUT2D eigenvalue weighted by Gasteiger charge is -2.29. The minimum absolute atomic E-state index is 0.0789. The van der Waals surface area contributed by atoms with Gasteiger partial charge in [-0.2, -0.15) is 0 Å². The zero-order valence-corrected chi connectivity index (χ0v) is 16.5. The molecule has 2 aliphatic rings. The summed E-state index contributed by atoms with van der Waals surface area (Å²) in [7, 11) is 0. The highest BCUT2D eigenvalue weighted by Gasteiger charge is 2.41. The molecule has 3 rings (SSSR count). The molecule has 2 amide bonds. The third kappa shape index (κ3) is 4.16. The molecule has 2 aliphatic heterocycles. The first-order chi connectivity index (χ1) is 12.9. The molecule has 0 atom stereocenters. The van der Waals surface area contributed by atoms with Gasteiger partial charge in [0.15, 0.2) is 0 Å². The number of hydrogen-bond donors (Lipinski definition) is 0. The van der Waals surface area contributed by atoms with E-state index in [0.29, 0.717) is 44.1 Å². The van der Waals surface area contributed by atoms with E-state index in [9.17, 15) is 9.59 Å². The minimum atomic E-state index is -0.215. The smallest absolute Gasteiger partial charge is 0.277 e. The molecule has 2 heterocycles. The van der Waals surface area contributed by atoms with Crippen LogP contribution in [0.25, 0.3) is 5.57 Å². The third-order valence-electron chi connectivity index (χ3n) is 4.53. The zero-order valence-electron chi connectivity index (χ0n) is 16.5. The Bertz CT molecular complexity index is 731. The summed E-state index contributed by atoms with van der Waals surface area (Å²) in [5.74, 6) is 0.545. The molecule has 1 aromatic carbocycles. The molecule has 146 valence electrons. The van der Waals surface area contributed by atoms with E-state index in [-0.39, 0.29) is 23.8 Å². The standard InChI is InChI=1S/C21H28N2O4/c1-14(2)13-23-20(24)18(16-5-7-17(8-6-16)27-15(3)4)19(21(23)25)22-9-11-26-12-10-22/h5-8,14-15H,9-13H2,1-4H3. The van der Waals surface area contributed by atoms with Crippen LogP contribution in [0.2, 0.25) is 0 Å². The number of ether oxygens (including phenoxy) is 2. The minimum Gasteiger partial charge on any atom is -0.491 e. The Morgan fingerprint density at radius 2 is 1.63 bits per heavy atom. The maximum atomic E-state index is 13.1. The average Bonchev–Trinajstić information content (AvgIpc) is 2.87. The highest BCUT2D eigenvalue weighted by atomic mass is 16.5. The first-order valence-electron chi connectivity index (χ1n) is 9.58. The first-order valence-corrected chi connectivity index (χ1v) is 9.58. The normalized spacial score (nSPS) is 18.3. The fraction of sp³-hybridized carbons (Fsp3) is 0.524. The van der Waals surface area contributed by atoms with Gasteiger partial charge < -0.3 is 14.4 Å². The number of morpholine rings is 1. The van der Waals surface area contributed by atoms with Gasteiger partial charge in [-0.3, -0.25) is 14.5 Å². The number of hydrogen-bond acceptors (Lipinski definition) is 5. The van der Waals surface area contributed by atoms with Gasteiger partial charge in [0.05, 0.1) is 24.9 Å². The summed E-state index contributed by atoms with van der Waals surface area (Å²) in [6, 6.07) is 7.42. The van der Waals surface area contributed by atoms with Crippen LogP contribution in [0.3, 0.4) is 0 Å². The van der Waals surface area contributed by atoms with Gasteiger partial charge >= 0.3 is 0 Å². The van der Waals surface area contributed by atoms with Crippen LogP contribution < -0.4 is 4.74 Å².